The first-order valence-corrected chi connectivity index (χ1v) is 4.92. The molecule has 0 atom stereocenters. The van der Waals surface area contributed by atoms with E-state index in [0.717, 1.165) is 0 Å². The maximum absolute atomic E-state index is 10.9. The molecule has 88 valence electrons. The van der Waals surface area contributed by atoms with Crippen molar-refractivity contribution in [1.29, 1.82) is 0 Å². The summed E-state index contributed by atoms with van der Waals surface area (Å²) in [5, 5.41) is 17.3. The van der Waals surface area contributed by atoms with Gasteiger partial charge in [0.25, 0.3) is 0 Å². The maximum atomic E-state index is 10.9. The van der Waals surface area contributed by atoms with Crippen LogP contribution in [0.5, 0.6) is 0 Å². The van der Waals surface area contributed by atoms with Crippen LogP contribution < -0.4 is 5.32 Å². The van der Waals surface area contributed by atoms with Crippen LogP contribution in [0.15, 0.2) is 29.0 Å². The number of nitrogens with one attached hydrogen (secondary N) is 1. The second kappa shape index (κ2) is 4.60. The fraction of sp³-hybridized carbons (Fsp3) is 0.200. The molecule has 2 aromatic rings. The number of anilines is 1. The molecule has 0 unspecified atom stereocenters. The zero-order valence-corrected chi connectivity index (χ0v) is 9.08. The van der Waals surface area contributed by atoms with Gasteiger partial charge in [-0.2, -0.15) is 0 Å². The lowest BCUT2D eigenvalue weighted by Gasteiger charge is -2.05. The monoisotopic (exact) mass is 234 g/mol. The average molecular weight is 234 g/mol. The maximum Gasteiger partial charge on any atom is 0.314 e. The molecular formula is C10H10N4O3. The number of aromatic nitrogens is 2. The number of rotatable bonds is 4. The summed E-state index contributed by atoms with van der Waals surface area (Å²) in [6.07, 6.45) is 3.03. The summed E-state index contributed by atoms with van der Waals surface area (Å²) in [6, 6.07) is 3.27. The van der Waals surface area contributed by atoms with E-state index in [9.17, 15) is 10.1 Å². The summed E-state index contributed by atoms with van der Waals surface area (Å²) in [4.78, 5) is 14.4. The van der Waals surface area contributed by atoms with Crippen LogP contribution in [0, 0.1) is 17.0 Å². The minimum Gasteiger partial charge on any atom is -0.360 e. The Labute approximate surface area is 96.6 Å². The third-order valence-electron chi connectivity index (χ3n) is 2.23. The summed E-state index contributed by atoms with van der Waals surface area (Å²) in [6.45, 7) is 1.97. The molecule has 0 saturated heterocycles. The fourth-order valence-electron chi connectivity index (χ4n) is 1.41. The molecule has 0 aliphatic carbocycles. The lowest BCUT2D eigenvalue weighted by molar-refractivity contribution is -0.384. The highest BCUT2D eigenvalue weighted by atomic mass is 16.6. The lowest BCUT2D eigenvalue weighted by Crippen LogP contribution is -2.05. The van der Waals surface area contributed by atoms with E-state index in [1.807, 2.05) is 0 Å². The fourth-order valence-corrected chi connectivity index (χ4v) is 1.41. The van der Waals surface area contributed by atoms with Crippen LogP contribution in [0.1, 0.15) is 11.3 Å². The van der Waals surface area contributed by atoms with E-state index in [4.69, 9.17) is 4.52 Å². The molecule has 0 aliphatic heterocycles. The molecule has 0 spiro atoms. The second-order valence-electron chi connectivity index (χ2n) is 3.41. The number of nitrogens with zero attached hydrogens (tertiary/aromatic N) is 3. The van der Waals surface area contributed by atoms with E-state index in [-0.39, 0.29) is 11.5 Å². The van der Waals surface area contributed by atoms with Crippen LogP contribution in [0.2, 0.25) is 0 Å². The highest BCUT2D eigenvalue weighted by Crippen LogP contribution is 2.25. The normalized spacial score (nSPS) is 10.2. The molecule has 0 bridgehead atoms. The summed E-state index contributed by atoms with van der Waals surface area (Å²) in [5.74, 6) is 0.814. The van der Waals surface area contributed by atoms with E-state index >= 15 is 0 Å². The highest BCUT2D eigenvalue weighted by Gasteiger charge is 2.18. The Bertz CT molecular complexity index is 524. The van der Waals surface area contributed by atoms with Crippen LogP contribution in [-0.2, 0) is 6.54 Å². The van der Waals surface area contributed by atoms with Gasteiger partial charge in [0, 0.05) is 17.8 Å². The van der Waals surface area contributed by atoms with E-state index in [2.05, 4.69) is 15.5 Å². The molecule has 0 radical (unpaired) electrons. The molecule has 0 saturated carbocycles. The minimum absolute atomic E-state index is 0.0213. The van der Waals surface area contributed by atoms with Gasteiger partial charge >= 0.3 is 5.69 Å². The Morgan fingerprint density at radius 2 is 2.29 bits per heavy atom. The van der Waals surface area contributed by atoms with Crippen molar-refractivity contribution in [2.75, 3.05) is 5.32 Å². The van der Waals surface area contributed by atoms with Crippen LogP contribution in [-0.4, -0.2) is 15.1 Å². The van der Waals surface area contributed by atoms with Crippen LogP contribution >= 0.6 is 0 Å². The Morgan fingerprint density at radius 3 is 2.94 bits per heavy atom. The topological polar surface area (TPSA) is 94.1 Å². The van der Waals surface area contributed by atoms with E-state index in [1.165, 1.54) is 12.4 Å². The molecule has 1 N–H and O–H groups in total. The zero-order chi connectivity index (χ0) is 12.3. The Hall–Kier alpha value is -2.44. The van der Waals surface area contributed by atoms with Crippen molar-refractivity contribution in [1.82, 2.24) is 10.1 Å². The van der Waals surface area contributed by atoms with Gasteiger partial charge in [-0.15, -0.1) is 0 Å². The van der Waals surface area contributed by atoms with Gasteiger partial charge in [-0.1, -0.05) is 5.16 Å². The molecule has 17 heavy (non-hydrogen) atoms. The third kappa shape index (κ3) is 2.39. The molecule has 2 rings (SSSR count). The van der Waals surface area contributed by atoms with Gasteiger partial charge in [0.2, 0.25) is 5.82 Å². The largest absolute Gasteiger partial charge is 0.360 e. The van der Waals surface area contributed by atoms with E-state index in [0.29, 0.717) is 17.9 Å². The molecule has 0 aliphatic rings. The first kappa shape index (κ1) is 11.1. The van der Waals surface area contributed by atoms with Gasteiger partial charge in [0.05, 0.1) is 17.7 Å². The summed E-state index contributed by atoms with van der Waals surface area (Å²) in [5.41, 5.74) is 0.539. The lowest BCUT2D eigenvalue weighted by atomic mass is 10.2. The van der Waals surface area contributed by atoms with Gasteiger partial charge in [-0.3, -0.25) is 10.1 Å². The SMILES string of the molecule is Cc1ccnc(NCc2ccno2)c1[N+](=O)[O-]. The van der Waals surface area contributed by atoms with Crippen LogP contribution in [0.4, 0.5) is 11.5 Å². The van der Waals surface area contributed by atoms with E-state index in [1.54, 1.807) is 19.1 Å². The molecule has 2 aromatic heterocycles. The molecule has 0 fully saturated rings. The number of pyridine rings is 1. The zero-order valence-electron chi connectivity index (χ0n) is 9.08. The smallest absolute Gasteiger partial charge is 0.314 e. The van der Waals surface area contributed by atoms with Crippen molar-refractivity contribution in [3.63, 3.8) is 0 Å². The van der Waals surface area contributed by atoms with Crippen LogP contribution in [0.25, 0.3) is 0 Å². The Kier molecular flexibility index (Phi) is 2.99. The number of aryl methyl sites for hydroxylation is 1. The number of hydrogen-bond donors (Lipinski definition) is 1. The van der Waals surface area contributed by atoms with Gasteiger partial charge in [-0.25, -0.2) is 4.98 Å². The first-order valence-electron chi connectivity index (χ1n) is 4.92. The van der Waals surface area contributed by atoms with Crippen molar-refractivity contribution < 1.29 is 9.45 Å². The van der Waals surface area contributed by atoms with Gasteiger partial charge in [-0.05, 0) is 13.0 Å². The number of nitro groups is 1. The molecule has 0 amide bonds. The van der Waals surface area contributed by atoms with Crippen molar-refractivity contribution in [2.24, 2.45) is 0 Å². The Morgan fingerprint density at radius 1 is 1.47 bits per heavy atom. The summed E-state index contributed by atoms with van der Waals surface area (Å²) in [7, 11) is 0. The summed E-state index contributed by atoms with van der Waals surface area (Å²) < 4.78 is 4.88. The van der Waals surface area contributed by atoms with Gasteiger partial charge < -0.3 is 9.84 Å². The second-order valence-corrected chi connectivity index (χ2v) is 3.41. The molecule has 2 heterocycles. The standard InChI is InChI=1S/C10H10N4O3/c1-7-2-4-11-10(9(7)14(15)16)12-6-8-3-5-13-17-8/h2-5H,6H2,1H3,(H,11,12). The minimum atomic E-state index is -0.453. The Balaban J connectivity index is 2.21. The van der Waals surface area contributed by atoms with Crippen molar-refractivity contribution in [2.45, 2.75) is 13.5 Å². The van der Waals surface area contributed by atoms with Crippen molar-refractivity contribution in [3.8, 4) is 0 Å². The third-order valence-corrected chi connectivity index (χ3v) is 2.23. The first-order chi connectivity index (χ1) is 8.18. The molecule has 7 heteroatoms. The van der Waals surface area contributed by atoms with Crippen LogP contribution in [0.3, 0.4) is 0 Å². The predicted molar refractivity (Wildman–Crippen MR) is 59.5 cm³/mol. The van der Waals surface area contributed by atoms with E-state index < -0.39 is 4.92 Å². The van der Waals surface area contributed by atoms with Crippen molar-refractivity contribution >= 4 is 11.5 Å². The predicted octanol–water partition coefficient (Wildman–Crippen LogP) is 1.90. The van der Waals surface area contributed by atoms with Crippen molar-refractivity contribution in [3.05, 3.63) is 46.0 Å². The molecular weight excluding hydrogens is 224 g/mol. The molecule has 7 nitrogen and oxygen atoms in total. The summed E-state index contributed by atoms with van der Waals surface area (Å²) >= 11 is 0. The quantitative estimate of drug-likeness (QED) is 0.641. The number of hydrogen-bond acceptors (Lipinski definition) is 6. The average Bonchev–Trinajstić information content (AvgIpc) is 2.78. The van der Waals surface area contributed by atoms with Gasteiger partial charge in [0.1, 0.15) is 0 Å². The van der Waals surface area contributed by atoms with Gasteiger partial charge in [0.15, 0.2) is 5.76 Å². The molecule has 0 aromatic carbocycles. The highest BCUT2D eigenvalue weighted by molar-refractivity contribution is 5.59.